The van der Waals surface area contributed by atoms with Crippen LogP contribution in [0.4, 0.5) is 5.82 Å². The number of nitrogens with zero attached hydrogens (tertiary/aromatic N) is 2. The molecule has 2 heterocycles. The molecule has 1 amide bonds. The van der Waals surface area contributed by atoms with E-state index in [0.29, 0.717) is 6.54 Å². The monoisotopic (exact) mass is 248 g/mol. The molecular weight excluding hydrogens is 228 g/mol. The van der Waals surface area contributed by atoms with Gasteiger partial charge in [-0.25, -0.2) is 4.98 Å². The van der Waals surface area contributed by atoms with E-state index in [2.05, 4.69) is 26.6 Å². The van der Waals surface area contributed by atoms with Crippen molar-refractivity contribution in [3.05, 3.63) is 23.4 Å². The summed E-state index contributed by atoms with van der Waals surface area (Å²) in [6.45, 7) is 6.26. The number of carbonyl (C=O) groups is 1. The van der Waals surface area contributed by atoms with Crippen LogP contribution in [-0.2, 0) is 11.3 Å². The molecule has 1 aliphatic heterocycles. The van der Waals surface area contributed by atoms with Gasteiger partial charge in [-0.1, -0.05) is 0 Å². The Morgan fingerprint density at radius 2 is 2.39 bits per heavy atom. The topological polar surface area (TPSA) is 57.3 Å². The van der Waals surface area contributed by atoms with Gasteiger partial charge in [0, 0.05) is 25.8 Å². The Kier molecular flexibility index (Phi) is 3.81. The van der Waals surface area contributed by atoms with Crippen LogP contribution in [0.15, 0.2) is 12.3 Å². The number of hydrogen-bond donors (Lipinski definition) is 2. The first-order valence-corrected chi connectivity index (χ1v) is 6.28. The Morgan fingerprint density at radius 1 is 1.61 bits per heavy atom. The smallest absolute Gasteiger partial charge is 0.242 e. The number of carbonyl (C=O) groups excluding carboxylic acids is 1. The summed E-state index contributed by atoms with van der Waals surface area (Å²) in [6.07, 6.45) is 1.87. The molecule has 1 atom stereocenters. The van der Waals surface area contributed by atoms with Crippen LogP contribution in [0.1, 0.15) is 18.1 Å². The molecule has 0 radical (unpaired) electrons. The van der Waals surface area contributed by atoms with E-state index in [9.17, 15) is 4.79 Å². The van der Waals surface area contributed by atoms with E-state index in [0.717, 1.165) is 30.0 Å². The molecule has 0 aromatic carbocycles. The van der Waals surface area contributed by atoms with E-state index in [1.165, 1.54) is 0 Å². The van der Waals surface area contributed by atoms with Crippen LogP contribution in [0.25, 0.3) is 0 Å². The van der Waals surface area contributed by atoms with Gasteiger partial charge in [0.2, 0.25) is 5.91 Å². The number of aryl methyl sites for hydroxylation is 1. The minimum absolute atomic E-state index is 0.0711. The summed E-state index contributed by atoms with van der Waals surface area (Å²) in [5, 5.41) is 5.97. The van der Waals surface area contributed by atoms with Crippen molar-refractivity contribution in [2.24, 2.45) is 0 Å². The van der Waals surface area contributed by atoms with Crippen LogP contribution in [0, 0.1) is 6.92 Å². The molecule has 2 N–H and O–H groups in total. The van der Waals surface area contributed by atoms with Gasteiger partial charge in [0.1, 0.15) is 11.9 Å². The fourth-order valence-corrected chi connectivity index (χ4v) is 2.30. The highest BCUT2D eigenvalue weighted by Gasteiger charge is 2.27. The number of amides is 1. The SMILES string of the molecule is CNCc1cnc(N2CCNC(=O)C2C)c(C)c1. The van der Waals surface area contributed by atoms with E-state index in [4.69, 9.17) is 0 Å². The number of anilines is 1. The Hall–Kier alpha value is -1.62. The van der Waals surface area contributed by atoms with Gasteiger partial charge >= 0.3 is 0 Å². The van der Waals surface area contributed by atoms with Gasteiger partial charge in [-0.15, -0.1) is 0 Å². The van der Waals surface area contributed by atoms with Gasteiger partial charge in [0.05, 0.1) is 0 Å². The summed E-state index contributed by atoms with van der Waals surface area (Å²) < 4.78 is 0. The highest BCUT2D eigenvalue weighted by atomic mass is 16.2. The van der Waals surface area contributed by atoms with Crippen molar-refractivity contribution in [2.45, 2.75) is 26.4 Å². The van der Waals surface area contributed by atoms with Crippen molar-refractivity contribution in [3.8, 4) is 0 Å². The first-order chi connectivity index (χ1) is 8.63. The van der Waals surface area contributed by atoms with E-state index in [-0.39, 0.29) is 11.9 Å². The van der Waals surface area contributed by atoms with E-state index < -0.39 is 0 Å². The van der Waals surface area contributed by atoms with Crippen molar-refractivity contribution in [1.82, 2.24) is 15.6 Å². The standard InChI is InChI=1S/C13H20N4O/c1-9-6-11(7-14-3)8-16-12(9)17-5-4-15-13(18)10(17)2/h6,8,10,14H,4-5,7H2,1-3H3,(H,15,18). The average molecular weight is 248 g/mol. The lowest BCUT2D eigenvalue weighted by atomic mass is 10.1. The third-order valence-electron chi connectivity index (χ3n) is 3.26. The fraction of sp³-hybridized carbons (Fsp3) is 0.538. The third kappa shape index (κ3) is 2.46. The van der Waals surface area contributed by atoms with Crippen LogP contribution in [0.5, 0.6) is 0 Å². The molecule has 1 aliphatic rings. The Bertz CT molecular complexity index is 447. The van der Waals surface area contributed by atoms with Gasteiger partial charge in [0.15, 0.2) is 0 Å². The molecule has 1 saturated heterocycles. The van der Waals surface area contributed by atoms with Crippen molar-refractivity contribution >= 4 is 11.7 Å². The van der Waals surface area contributed by atoms with Crippen LogP contribution in [-0.4, -0.2) is 37.1 Å². The maximum atomic E-state index is 11.7. The van der Waals surface area contributed by atoms with Gasteiger partial charge < -0.3 is 15.5 Å². The Morgan fingerprint density at radius 3 is 3.06 bits per heavy atom. The van der Waals surface area contributed by atoms with Crippen LogP contribution < -0.4 is 15.5 Å². The predicted molar refractivity (Wildman–Crippen MR) is 71.6 cm³/mol. The maximum Gasteiger partial charge on any atom is 0.242 e. The minimum atomic E-state index is -0.153. The second-order valence-electron chi connectivity index (χ2n) is 4.67. The van der Waals surface area contributed by atoms with E-state index in [1.807, 2.05) is 27.1 Å². The molecule has 0 spiro atoms. The zero-order valence-electron chi connectivity index (χ0n) is 11.2. The second-order valence-corrected chi connectivity index (χ2v) is 4.67. The first-order valence-electron chi connectivity index (χ1n) is 6.28. The lowest BCUT2D eigenvalue weighted by Crippen LogP contribution is -2.54. The number of hydrogen-bond acceptors (Lipinski definition) is 4. The van der Waals surface area contributed by atoms with E-state index in [1.54, 1.807) is 0 Å². The molecule has 2 rings (SSSR count). The lowest BCUT2D eigenvalue weighted by molar-refractivity contribution is -0.122. The third-order valence-corrected chi connectivity index (χ3v) is 3.26. The summed E-state index contributed by atoms with van der Waals surface area (Å²) >= 11 is 0. The normalized spacial score (nSPS) is 19.8. The molecule has 98 valence electrons. The van der Waals surface area contributed by atoms with Gasteiger partial charge in [0.25, 0.3) is 0 Å². The molecule has 1 aromatic heterocycles. The highest BCUT2D eigenvalue weighted by molar-refractivity contribution is 5.86. The lowest BCUT2D eigenvalue weighted by Gasteiger charge is -2.34. The minimum Gasteiger partial charge on any atom is -0.353 e. The average Bonchev–Trinajstić information content (AvgIpc) is 2.34. The molecule has 0 aliphatic carbocycles. The summed E-state index contributed by atoms with van der Waals surface area (Å²) in [6, 6.07) is 1.97. The zero-order chi connectivity index (χ0) is 13.1. The maximum absolute atomic E-state index is 11.7. The molecule has 0 bridgehead atoms. The van der Waals surface area contributed by atoms with Crippen molar-refractivity contribution in [1.29, 1.82) is 0 Å². The highest BCUT2D eigenvalue weighted by Crippen LogP contribution is 2.21. The molecule has 5 heteroatoms. The number of nitrogens with one attached hydrogen (secondary N) is 2. The number of piperazine rings is 1. The van der Waals surface area contributed by atoms with Gasteiger partial charge in [-0.3, -0.25) is 4.79 Å². The molecule has 1 aromatic rings. The summed E-state index contributed by atoms with van der Waals surface area (Å²) in [7, 11) is 1.92. The van der Waals surface area contributed by atoms with Crippen molar-refractivity contribution in [2.75, 3.05) is 25.0 Å². The van der Waals surface area contributed by atoms with Gasteiger partial charge in [-0.2, -0.15) is 0 Å². The summed E-state index contributed by atoms with van der Waals surface area (Å²) in [4.78, 5) is 18.2. The molecule has 1 fully saturated rings. The van der Waals surface area contributed by atoms with E-state index >= 15 is 0 Å². The molecular formula is C13H20N4O. The Balaban J connectivity index is 2.24. The first kappa shape index (κ1) is 12.8. The van der Waals surface area contributed by atoms with Crippen LogP contribution in [0.2, 0.25) is 0 Å². The number of rotatable bonds is 3. The predicted octanol–water partition coefficient (Wildman–Crippen LogP) is 0.434. The summed E-state index contributed by atoms with van der Waals surface area (Å²) in [5.41, 5.74) is 2.28. The molecule has 1 unspecified atom stereocenters. The molecule has 5 nitrogen and oxygen atoms in total. The van der Waals surface area contributed by atoms with Crippen molar-refractivity contribution < 1.29 is 4.79 Å². The van der Waals surface area contributed by atoms with Crippen LogP contribution >= 0.6 is 0 Å². The molecule has 18 heavy (non-hydrogen) atoms. The second kappa shape index (κ2) is 5.35. The Labute approximate surface area is 108 Å². The van der Waals surface area contributed by atoms with Crippen LogP contribution in [0.3, 0.4) is 0 Å². The quantitative estimate of drug-likeness (QED) is 0.814. The fourth-order valence-electron chi connectivity index (χ4n) is 2.30. The number of aromatic nitrogens is 1. The zero-order valence-corrected chi connectivity index (χ0v) is 11.2. The number of pyridine rings is 1. The largest absolute Gasteiger partial charge is 0.353 e. The van der Waals surface area contributed by atoms with Crippen molar-refractivity contribution in [3.63, 3.8) is 0 Å². The summed E-state index contributed by atoms with van der Waals surface area (Å²) in [5.74, 6) is 0.985. The van der Waals surface area contributed by atoms with Gasteiger partial charge in [-0.05, 0) is 38.1 Å². The molecule has 0 saturated carbocycles.